The van der Waals surface area contributed by atoms with Gasteiger partial charge in [0.15, 0.2) is 0 Å². The predicted molar refractivity (Wildman–Crippen MR) is 106 cm³/mol. The molecule has 1 atom stereocenters. The van der Waals surface area contributed by atoms with E-state index in [1.54, 1.807) is 24.3 Å². The topological polar surface area (TPSA) is 97.4 Å². The van der Waals surface area contributed by atoms with Crippen molar-refractivity contribution < 1.29 is 14.7 Å². The molecule has 140 valence electrons. The third-order valence-corrected chi connectivity index (χ3v) is 4.99. The Hall–Kier alpha value is -3.28. The Labute approximate surface area is 157 Å². The molecular formula is C21H23N3O3. The molecule has 0 aliphatic heterocycles. The lowest BCUT2D eigenvalue weighted by atomic mass is 10.0. The Bertz CT molecular complexity index is 1020. The van der Waals surface area contributed by atoms with Crippen LogP contribution in [0.5, 0.6) is 0 Å². The van der Waals surface area contributed by atoms with Crippen molar-refractivity contribution in [1.29, 1.82) is 0 Å². The second-order valence-electron chi connectivity index (χ2n) is 6.68. The Morgan fingerprint density at radius 1 is 1.19 bits per heavy atom. The maximum absolute atomic E-state index is 12.9. The van der Waals surface area contributed by atoms with Gasteiger partial charge in [0, 0.05) is 18.1 Å². The fourth-order valence-electron chi connectivity index (χ4n) is 3.27. The van der Waals surface area contributed by atoms with Gasteiger partial charge in [0.05, 0.1) is 17.1 Å². The zero-order chi connectivity index (χ0) is 19.7. The van der Waals surface area contributed by atoms with Crippen LogP contribution in [0.15, 0.2) is 42.5 Å². The summed E-state index contributed by atoms with van der Waals surface area (Å²) >= 11 is 0. The summed E-state index contributed by atoms with van der Waals surface area (Å²) in [5.74, 6) is -1.16. The molecule has 1 aromatic heterocycles. The Kier molecular flexibility index (Phi) is 4.90. The smallest absolute Gasteiger partial charge is 0.335 e. The number of carbonyl (C=O) groups is 2. The minimum atomic E-state index is -0.970. The van der Waals surface area contributed by atoms with Crippen LogP contribution >= 0.6 is 0 Å². The van der Waals surface area contributed by atoms with Crippen LogP contribution in [0.3, 0.4) is 0 Å². The lowest BCUT2D eigenvalue weighted by molar-refractivity contribution is 0.0696. The molecule has 1 heterocycles. The van der Waals surface area contributed by atoms with Crippen LogP contribution in [0.1, 0.15) is 51.4 Å². The minimum absolute atomic E-state index is 0.195. The molecule has 1 unspecified atom stereocenters. The Balaban J connectivity index is 1.89. The van der Waals surface area contributed by atoms with E-state index in [-0.39, 0.29) is 17.5 Å². The normalized spacial score (nSPS) is 12.1. The van der Waals surface area contributed by atoms with E-state index in [1.165, 1.54) is 0 Å². The fourth-order valence-corrected chi connectivity index (χ4v) is 3.27. The van der Waals surface area contributed by atoms with Crippen LogP contribution in [0.4, 0.5) is 5.69 Å². The molecule has 6 nitrogen and oxygen atoms in total. The molecule has 4 N–H and O–H groups in total. The molecule has 1 amide bonds. The number of nitrogens with zero attached hydrogens (tertiary/aromatic N) is 1. The number of aromatic carboxylic acids is 1. The second kappa shape index (κ2) is 7.15. The number of carboxylic acid groups (broad SMARTS) is 1. The van der Waals surface area contributed by atoms with Gasteiger partial charge < -0.3 is 20.7 Å². The molecule has 0 fully saturated rings. The standard InChI is InChI=1S/C21H23N3O3/c1-4-16(13-6-8-14(9-7-13)21(26)27)23-20(25)18-11-15-17(24(18)3)10-5-12(2)19(15)22/h5-11,16H,4,22H2,1-3H3,(H,23,25)(H,26,27). The number of benzene rings is 2. The maximum Gasteiger partial charge on any atom is 0.335 e. The van der Waals surface area contributed by atoms with Gasteiger partial charge in [-0.15, -0.1) is 0 Å². The summed E-state index contributed by atoms with van der Waals surface area (Å²) in [5, 5.41) is 12.9. The Morgan fingerprint density at radius 2 is 1.85 bits per heavy atom. The van der Waals surface area contributed by atoms with Gasteiger partial charge in [-0.2, -0.15) is 0 Å². The number of nitrogens with two attached hydrogens (primary N) is 1. The van der Waals surface area contributed by atoms with Gasteiger partial charge in [0.25, 0.3) is 5.91 Å². The number of nitrogens with one attached hydrogen (secondary N) is 1. The number of nitrogen functional groups attached to an aromatic ring is 1. The highest BCUT2D eigenvalue weighted by Gasteiger charge is 2.19. The molecule has 0 saturated carbocycles. The van der Waals surface area contributed by atoms with Crippen molar-refractivity contribution in [3.05, 3.63) is 64.8 Å². The highest BCUT2D eigenvalue weighted by molar-refractivity contribution is 6.02. The number of aromatic nitrogens is 1. The van der Waals surface area contributed by atoms with Crippen LogP contribution in [-0.2, 0) is 7.05 Å². The molecule has 0 aliphatic carbocycles. The van der Waals surface area contributed by atoms with Crippen molar-refractivity contribution in [2.24, 2.45) is 7.05 Å². The average Bonchev–Trinajstić information content (AvgIpc) is 3.00. The molecular weight excluding hydrogens is 342 g/mol. The molecule has 3 aromatic rings. The molecule has 6 heteroatoms. The molecule has 2 aromatic carbocycles. The average molecular weight is 365 g/mol. The molecule has 0 saturated heterocycles. The van der Waals surface area contributed by atoms with Gasteiger partial charge in [-0.1, -0.05) is 25.1 Å². The Morgan fingerprint density at radius 3 is 2.44 bits per heavy atom. The first kappa shape index (κ1) is 18.5. The van der Waals surface area contributed by atoms with Gasteiger partial charge >= 0.3 is 5.97 Å². The van der Waals surface area contributed by atoms with Gasteiger partial charge in [0.1, 0.15) is 5.69 Å². The number of rotatable bonds is 5. The van der Waals surface area contributed by atoms with Crippen LogP contribution in [0, 0.1) is 6.92 Å². The fraction of sp³-hybridized carbons (Fsp3) is 0.238. The van der Waals surface area contributed by atoms with Crippen LogP contribution in [-0.4, -0.2) is 21.6 Å². The maximum atomic E-state index is 12.9. The molecule has 27 heavy (non-hydrogen) atoms. The second-order valence-corrected chi connectivity index (χ2v) is 6.68. The van der Waals surface area contributed by atoms with Crippen molar-refractivity contribution in [3.8, 4) is 0 Å². The highest BCUT2D eigenvalue weighted by Crippen LogP contribution is 2.28. The lowest BCUT2D eigenvalue weighted by Crippen LogP contribution is -2.29. The van der Waals surface area contributed by atoms with Crippen molar-refractivity contribution in [3.63, 3.8) is 0 Å². The number of carbonyl (C=O) groups excluding carboxylic acids is 1. The minimum Gasteiger partial charge on any atom is -0.478 e. The first-order valence-electron chi connectivity index (χ1n) is 8.82. The van der Waals surface area contributed by atoms with E-state index >= 15 is 0 Å². The van der Waals surface area contributed by atoms with E-state index in [0.29, 0.717) is 17.8 Å². The van der Waals surface area contributed by atoms with Gasteiger partial charge in [-0.25, -0.2) is 4.79 Å². The number of hydrogen-bond donors (Lipinski definition) is 3. The number of fused-ring (bicyclic) bond motifs is 1. The number of anilines is 1. The van der Waals surface area contributed by atoms with Gasteiger partial charge in [-0.3, -0.25) is 4.79 Å². The third-order valence-electron chi connectivity index (χ3n) is 4.99. The zero-order valence-electron chi connectivity index (χ0n) is 15.6. The highest BCUT2D eigenvalue weighted by atomic mass is 16.4. The van der Waals surface area contributed by atoms with Gasteiger partial charge in [-0.05, 0) is 48.7 Å². The number of aryl methyl sites for hydroxylation is 2. The van der Waals surface area contributed by atoms with E-state index in [2.05, 4.69) is 5.32 Å². The third kappa shape index (κ3) is 3.38. The summed E-state index contributed by atoms with van der Waals surface area (Å²) in [6.07, 6.45) is 0.684. The summed E-state index contributed by atoms with van der Waals surface area (Å²) in [5.41, 5.74) is 10.3. The van der Waals surface area contributed by atoms with E-state index in [1.807, 2.05) is 43.7 Å². The molecule has 0 bridgehead atoms. The van der Waals surface area contributed by atoms with E-state index in [9.17, 15) is 9.59 Å². The van der Waals surface area contributed by atoms with Crippen molar-refractivity contribution in [1.82, 2.24) is 9.88 Å². The quantitative estimate of drug-likeness (QED) is 0.601. The van der Waals surface area contributed by atoms with E-state index in [4.69, 9.17) is 10.8 Å². The summed E-state index contributed by atoms with van der Waals surface area (Å²) in [6.45, 7) is 3.91. The largest absolute Gasteiger partial charge is 0.478 e. The van der Waals surface area contributed by atoms with E-state index < -0.39 is 5.97 Å². The molecule has 0 aliphatic rings. The predicted octanol–water partition coefficient (Wildman–Crippen LogP) is 3.65. The summed E-state index contributed by atoms with van der Waals surface area (Å²) in [7, 11) is 1.84. The summed E-state index contributed by atoms with van der Waals surface area (Å²) in [4.78, 5) is 23.9. The number of carboxylic acids is 1. The zero-order valence-corrected chi connectivity index (χ0v) is 15.6. The van der Waals surface area contributed by atoms with Crippen LogP contribution in [0.2, 0.25) is 0 Å². The lowest BCUT2D eigenvalue weighted by Gasteiger charge is -2.18. The van der Waals surface area contributed by atoms with Crippen molar-refractivity contribution in [2.45, 2.75) is 26.3 Å². The number of hydrogen-bond acceptors (Lipinski definition) is 3. The first-order chi connectivity index (χ1) is 12.8. The monoisotopic (exact) mass is 365 g/mol. The van der Waals surface area contributed by atoms with Crippen LogP contribution in [0.25, 0.3) is 10.9 Å². The van der Waals surface area contributed by atoms with E-state index in [0.717, 1.165) is 22.0 Å². The molecule has 0 spiro atoms. The van der Waals surface area contributed by atoms with Crippen molar-refractivity contribution in [2.75, 3.05) is 5.73 Å². The number of amides is 1. The van der Waals surface area contributed by atoms with Crippen molar-refractivity contribution >= 4 is 28.5 Å². The molecule has 0 radical (unpaired) electrons. The van der Waals surface area contributed by atoms with Gasteiger partial charge in [0.2, 0.25) is 0 Å². The SMILES string of the molecule is CCC(NC(=O)c1cc2c(N)c(C)ccc2n1C)c1ccc(C(=O)O)cc1. The summed E-state index contributed by atoms with van der Waals surface area (Å²) < 4.78 is 1.83. The van der Waals surface area contributed by atoms with Crippen LogP contribution < -0.4 is 11.1 Å². The molecule has 3 rings (SSSR count). The first-order valence-corrected chi connectivity index (χ1v) is 8.82. The summed E-state index contributed by atoms with van der Waals surface area (Å²) in [6, 6.07) is 12.1.